The van der Waals surface area contributed by atoms with Crippen molar-refractivity contribution in [2.24, 2.45) is 0 Å². The maximum Gasteiger partial charge on any atom is 0.160 e. The van der Waals surface area contributed by atoms with Gasteiger partial charge in [-0.15, -0.1) is 0 Å². The molecule has 4 aromatic heterocycles. The zero-order valence-corrected chi connectivity index (χ0v) is 26.5. The van der Waals surface area contributed by atoms with Gasteiger partial charge >= 0.3 is 0 Å². The minimum atomic E-state index is 0.434. The molecule has 0 aliphatic heterocycles. The minimum Gasteiger partial charge on any atom is -0.454 e. The fourth-order valence-corrected chi connectivity index (χ4v) is 8.23. The first-order valence-corrected chi connectivity index (χ1v) is 16.7. The predicted octanol–water partition coefficient (Wildman–Crippen LogP) is 13.1. The molecule has 0 aliphatic carbocycles. The van der Waals surface area contributed by atoms with Gasteiger partial charge in [0.2, 0.25) is 0 Å². The number of rotatable bonds is 3. The highest BCUT2D eigenvalue weighted by molar-refractivity contribution is 6.32. The van der Waals surface area contributed by atoms with Crippen LogP contribution in [0.2, 0.25) is 0 Å². The van der Waals surface area contributed by atoms with Crippen LogP contribution >= 0.6 is 0 Å². The lowest BCUT2D eigenvalue weighted by molar-refractivity contribution is 0.670. The average Bonchev–Trinajstić information content (AvgIpc) is 3.87. The van der Waals surface area contributed by atoms with E-state index in [1.807, 2.05) is 12.1 Å². The van der Waals surface area contributed by atoms with Crippen molar-refractivity contribution >= 4 is 82.0 Å². The average molecular weight is 616 g/mol. The monoisotopic (exact) mass is 615 g/mol. The molecule has 11 aromatic rings. The van der Waals surface area contributed by atoms with E-state index in [0.29, 0.717) is 5.92 Å². The molecule has 0 radical (unpaired) electrons. The van der Waals surface area contributed by atoms with E-state index < -0.39 is 0 Å². The second kappa shape index (κ2) is 9.27. The van der Waals surface area contributed by atoms with Crippen molar-refractivity contribution in [3.8, 4) is 22.3 Å². The molecule has 4 heterocycles. The second-order valence-electron chi connectivity index (χ2n) is 13.5. The van der Waals surface area contributed by atoms with Gasteiger partial charge in [-0.05, 0) is 70.1 Å². The molecule has 0 atom stereocenters. The van der Waals surface area contributed by atoms with Crippen molar-refractivity contribution in [1.29, 1.82) is 0 Å². The number of aromatic nitrogens is 1. The summed E-state index contributed by atoms with van der Waals surface area (Å²) in [7, 11) is 0. The van der Waals surface area contributed by atoms with Crippen LogP contribution in [0.5, 0.6) is 0 Å². The first-order chi connectivity index (χ1) is 23.6. The van der Waals surface area contributed by atoms with Crippen LogP contribution in [0.3, 0.4) is 0 Å². The van der Waals surface area contributed by atoms with Crippen molar-refractivity contribution in [3.63, 3.8) is 0 Å². The molecule has 0 bridgehead atoms. The molecule has 0 saturated carbocycles. The lowest BCUT2D eigenvalue weighted by Crippen LogP contribution is -1.92. The van der Waals surface area contributed by atoms with Gasteiger partial charge in [-0.25, -0.2) is 0 Å². The number of fused-ring (bicyclic) bond motifs is 14. The van der Waals surface area contributed by atoms with E-state index in [2.05, 4.69) is 140 Å². The number of hydrogen-bond acceptors (Lipinski definition) is 2. The minimum absolute atomic E-state index is 0.434. The Labute approximate surface area is 275 Å². The summed E-state index contributed by atoms with van der Waals surface area (Å²) in [5, 5.41) is 9.30. The van der Waals surface area contributed by atoms with Crippen molar-refractivity contribution < 1.29 is 8.83 Å². The maximum atomic E-state index is 6.72. The molecule has 0 spiro atoms. The molecule has 3 nitrogen and oxygen atoms in total. The topological polar surface area (TPSA) is 30.7 Å². The van der Waals surface area contributed by atoms with Gasteiger partial charge in [0.05, 0.1) is 16.6 Å². The molecule has 0 amide bonds. The van der Waals surface area contributed by atoms with Crippen LogP contribution in [0.4, 0.5) is 0 Å². The third kappa shape index (κ3) is 3.33. The Morgan fingerprint density at radius 3 is 1.54 bits per heavy atom. The van der Waals surface area contributed by atoms with Crippen LogP contribution in [-0.4, -0.2) is 4.40 Å². The Bertz CT molecular complexity index is 2920. The van der Waals surface area contributed by atoms with E-state index in [9.17, 15) is 0 Å². The molecule has 0 unspecified atom stereocenters. The highest BCUT2D eigenvalue weighted by atomic mass is 16.3. The summed E-state index contributed by atoms with van der Waals surface area (Å²) in [5.41, 5.74) is 13.2. The van der Waals surface area contributed by atoms with E-state index in [0.717, 1.165) is 54.9 Å². The molecule has 48 heavy (non-hydrogen) atoms. The SMILES string of the molecule is CC(C)c1ccc(-c2cc3c4ccc5c6ccccc6oc5c4n4c3c(c2)c2ccc3c5ccccc5oc3c24)c(-c2ccccc2)c1. The molecule has 0 aliphatic rings. The summed E-state index contributed by atoms with van der Waals surface area (Å²) in [6, 6.07) is 48.3. The molecule has 3 heteroatoms. The fourth-order valence-electron chi connectivity index (χ4n) is 8.23. The van der Waals surface area contributed by atoms with Gasteiger partial charge in [-0.1, -0.05) is 111 Å². The van der Waals surface area contributed by atoms with Crippen LogP contribution < -0.4 is 0 Å². The van der Waals surface area contributed by atoms with Gasteiger partial charge in [-0.3, -0.25) is 0 Å². The van der Waals surface area contributed by atoms with Crippen molar-refractivity contribution in [3.05, 3.63) is 139 Å². The fraction of sp³-hybridized carbons (Fsp3) is 0.0667. The summed E-state index contributed by atoms with van der Waals surface area (Å²) in [6.45, 7) is 4.53. The summed E-state index contributed by atoms with van der Waals surface area (Å²) < 4.78 is 15.9. The third-order valence-electron chi connectivity index (χ3n) is 10.5. The molecule has 0 fully saturated rings. The lowest BCUT2D eigenvalue weighted by Gasteiger charge is -2.15. The molecule has 226 valence electrons. The number of hydrogen-bond donors (Lipinski definition) is 0. The predicted molar refractivity (Wildman–Crippen MR) is 201 cm³/mol. The zero-order chi connectivity index (χ0) is 31.7. The van der Waals surface area contributed by atoms with Gasteiger partial charge < -0.3 is 13.2 Å². The maximum absolute atomic E-state index is 6.72. The summed E-state index contributed by atoms with van der Waals surface area (Å²) in [6.07, 6.45) is 0. The third-order valence-corrected chi connectivity index (χ3v) is 10.5. The summed E-state index contributed by atoms with van der Waals surface area (Å²) >= 11 is 0. The molecular weight excluding hydrogens is 587 g/mol. The Morgan fingerprint density at radius 2 is 0.958 bits per heavy atom. The summed E-state index contributed by atoms with van der Waals surface area (Å²) in [4.78, 5) is 0. The second-order valence-corrected chi connectivity index (χ2v) is 13.5. The zero-order valence-electron chi connectivity index (χ0n) is 26.5. The number of benzene rings is 7. The Morgan fingerprint density at radius 1 is 0.417 bits per heavy atom. The molecular formula is C45H29NO2. The quantitative estimate of drug-likeness (QED) is 0.198. The first kappa shape index (κ1) is 26.1. The molecule has 0 saturated heterocycles. The number of para-hydroxylation sites is 2. The Hall–Kier alpha value is -6.06. The molecule has 7 aromatic carbocycles. The van der Waals surface area contributed by atoms with Crippen LogP contribution in [0, 0.1) is 0 Å². The van der Waals surface area contributed by atoms with Crippen LogP contribution in [-0.2, 0) is 0 Å². The van der Waals surface area contributed by atoms with Crippen LogP contribution in [0.15, 0.2) is 142 Å². The lowest BCUT2D eigenvalue weighted by atomic mass is 9.89. The molecule has 0 N–H and O–H groups in total. The van der Waals surface area contributed by atoms with Gasteiger partial charge in [-0.2, -0.15) is 0 Å². The standard InChI is InChI=1S/C45H29NO2/c1-25(2)27-16-17-29(36(22-27)26-10-4-3-5-11-26)28-23-37-32-18-20-34-30-12-6-8-14-39(30)47-44(34)42(32)46-41(37)38(24-28)33-19-21-35-31-13-7-9-15-40(31)48-45(35)43(33)46/h3-25H,1-2H3. The first-order valence-electron chi connectivity index (χ1n) is 16.7. The van der Waals surface area contributed by atoms with E-state index in [-0.39, 0.29) is 0 Å². The van der Waals surface area contributed by atoms with Crippen LogP contribution in [0.25, 0.3) is 104 Å². The Balaban J connectivity index is 1.35. The normalized spacial score (nSPS) is 12.6. The van der Waals surface area contributed by atoms with Crippen LogP contribution in [0.1, 0.15) is 25.3 Å². The van der Waals surface area contributed by atoms with Gasteiger partial charge in [0.25, 0.3) is 0 Å². The van der Waals surface area contributed by atoms with E-state index in [1.54, 1.807) is 0 Å². The highest BCUT2D eigenvalue weighted by Gasteiger charge is 2.25. The smallest absolute Gasteiger partial charge is 0.160 e. The van der Waals surface area contributed by atoms with Crippen molar-refractivity contribution in [2.75, 3.05) is 0 Å². The number of nitrogens with zero attached hydrogens (tertiary/aromatic N) is 1. The van der Waals surface area contributed by atoms with E-state index >= 15 is 0 Å². The van der Waals surface area contributed by atoms with Gasteiger partial charge in [0.15, 0.2) is 11.2 Å². The van der Waals surface area contributed by atoms with E-state index in [4.69, 9.17) is 8.83 Å². The van der Waals surface area contributed by atoms with Gasteiger partial charge in [0, 0.05) is 43.1 Å². The van der Waals surface area contributed by atoms with Crippen molar-refractivity contribution in [1.82, 2.24) is 4.40 Å². The van der Waals surface area contributed by atoms with E-state index in [1.165, 1.54) is 54.9 Å². The highest BCUT2D eigenvalue weighted by Crippen LogP contribution is 2.48. The Kier molecular flexibility index (Phi) is 5.03. The van der Waals surface area contributed by atoms with Crippen molar-refractivity contribution in [2.45, 2.75) is 19.8 Å². The largest absolute Gasteiger partial charge is 0.454 e. The summed E-state index contributed by atoms with van der Waals surface area (Å²) in [5.74, 6) is 0.434. The molecule has 11 rings (SSSR count). The number of furan rings is 2. The van der Waals surface area contributed by atoms with Gasteiger partial charge in [0.1, 0.15) is 11.2 Å².